The fourth-order valence-electron chi connectivity index (χ4n) is 2.62. The molecule has 0 radical (unpaired) electrons. The molecule has 0 aliphatic rings. The Morgan fingerprint density at radius 2 is 1.96 bits per heavy atom. The molecule has 3 rings (SSSR count). The van der Waals surface area contributed by atoms with E-state index in [-0.39, 0.29) is 5.91 Å². The summed E-state index contributed by atoms with van der Waals surface area (Å²) >= 11 is 3.44. The average molecular weight is 384 g/mol. The molecule has 0 aliphatic carbocycles. The quantitative estimate of drug-likeness (QED) is 0.719. The highest BCUT2D eigenvalue weighted by Gasteiger charge is 2.16. The first-order valence-electron chi connectivity index (χ1n) is 7.84. The smallest absolute Gasteiger partial charge is 0.255 e. The van der Waals surface area contributed by atoms with E-state index in [1.165, 1.54) is 0 Å². The molecule has 0 atom stereocenters. The van der Waals surface area contributed by atoms with Crippen molar-refractivity contribution in [3.63, 3.8) is 0 Å². The fraction of sp³-hybridized carbons (Fsp3) is 0.158. The van der Waals surface area contributed by atoms with E-state index in [9.17, 15) is 4.79 Å². The Morgan fingerprint density at radius 3 is 2.67 bits per heavy atom. The van der Waals surface area contributed by atoms with Crippen LogP contribution in [0.1, 0.15) is 28.5 Å². The summed E-state index contributed by atoms with van der Waals surface area (Å²) < 4.78 is 2.83. The number of benzene rings is 2. The molecular weight excluding hydrogens is 366 g/mol. The number of nitrogens with zero attached hydrogens (tertiary/aromatic N) is 2. The second-order valence-corrected chi connectivity index (χ2v) is 6.33. The van der Waals surface area contributed by atoms with Gasteiger partial charge in [-0.05, 0) is 36.2 Å². The zero-order valence-electron chi connectivity index (χ0n) is 13.4. The van der Waals surface area contributed by atoms with Crippen LogP contribution in [-0.4, -0.2) is 15.7 Å². The van der Waals surface area contributed by atoms with E-state index in [4.69, 9.17) is 0 Å². The minimum Gasteiger partial charge on any atom is -0.348 e. The average Bonchev–Trinajstić information content (AvgIpc) is 3.04. The molecule has 4 nitrogen and oxygen atoms in total. The zero-order chi connectivity index (χ0) is 16.9. The summed E-state index contributed by atoms with van der Waals surface area (Å²) in [4.78, 5) is 12.6. The van der Waals surface area contributed by atoms with E-state index in [0.29, 0.717) is 12.1 Å². The third-order valence-electron chi connectivity index (χ3n) is 3.79. The minimum absolute atomic E-state index is 0.103. The monoisotopic (exact) mass is 383 g/mol. The summed E-state index contributed by atoms with van der Waals surface area (Å²) in [7, 11) is 0. The first kappa shape index (κ1) is 16.5. The lowest BCUT2D eigenvalue weighted by atomic mass is 10.1. The molecule has 0 saturated heterocycles. The van der Waals surface area contributed by atoms with Crippen LogP contribution in [0.25, 0.3) is 5.69 Å². The van der Waals surface area contributed by atoms with Crippen LogP contribution in [0.15, 0.2) is 65.3 Å². The number of hydrogen-bond donors (Lipinski definition) is 1. The summed E-state index contributed by atoms with van der Waals surface area (Å²) in [6.07, 6.45) is 2.37. The summed E-state index contributed by atoms with van der Waals surface area (Å²) in [5.41, 5.74) is 3.54. The van der Waals surface area contributed by atoms with Crippen molar-refractivity contribution in [3.8, 4) is 5.69 Å². The van der Waals surface area contributed by atoms with Gasteiger partial charge in [-0.1, -0.05) is 53.2 Å². The van der Waals surface area contributed by atoms with Gasteiger partial charge in [-0.3, -0.25) is 4.79 Å². The normalized spacial score (nSPS) is 10.6. The first-order valence-corrected chi connectivity index (χ1v) is 8.63. The number of para-hydroxylation sites is 1. The van der Waals surface area contributed by atoms with E-state index in [2.05, 4.69) is 26.3 Å². The van der Waals surface area contributed by atoms with E-state index in [1.54, 1.807) is 6.20 Å². The molecular formula is C19H18BrN3O. The summed E-state index contributed by atoms with van der Waals surface area (Å²) in [5.74, 6) is -0.103. The Kier molecular flexibility index (Phi) is 5.11. The lowest BCUT2D eigenvalue weighted by Crippen LogP contribution is -2.23. The maximum atomic E-state index is 12.6. The van der Waals surface area contributed by atoms with Crippen molar-refractivity contribution in [2.75, 3.05) is 0 Å². The number of nitrogens with one attached hydrogen (secondary N) is 1. The Labute approximate surface area is 149 Å². The highest BCUT2D eigenvalue weighted by molar-refractivity contribution is 9.10. The van der Waals surface area contributed by atoms with Gasteiger partial charge in [0.1, 0.15) is 0 Å². The van der Waals surface area contributed by atoms with Gasteiger partial charge >= 0.3 is 0 Å². The molecule has 1 amide bonds. The van der Waals surface area contributed by atoms with Crippen molar-refractivity contribution < 1.29 is 4.79 Å². The van der Waals surface area contributed by atoms with Gasteiger partial charge in [0.2, 0.25) is 0 Å². The van der Waals surface area contributed by atoms with Crippen molar-refractivity contribution in [1.29, 1.82) is 0 Å². The molecule has 1 N–H and O–H groups in total. The Balaban J connectivity index is 1.79. The van der Waals surface area contributed by atoms with Crippen LogP contribution in [0.4, 0.5) is 0 Å². The Hall–Kier alpha value is -2.40. The van der Waals surface area contributed by atoms with Crippen LogP contribution >= 0.6 is 15.9 Å². The molecule has 0 spiro atoms. The highest BCUT2D eigenvalue weighted by atomic mass is 79.9. The number of aromatic nitrogens is 2. The maximum Gasteiger partial charge on any atom is 0.255 e. The molecule has 0 aliphatic heterocycles. The largest absolute Gasteiger partial charge is 0.348 e. The standard InChI is InChI=1S/C19H18BrN3O/c1-2-18-17(13-22-23(18)16-9-4-3-5-10-16)19(24)21-12-14-7-6-8-15(20)11-14/h3-11,13H,2,12H2,1H3,(H,21,24). The van der Waals surface area contributed by atoms with Crippen LogP contribution in [0.5, 0.6) is 0 Å². The van der Waals surface area contributed by atoms with Gasteiger partial charge in [-0.2, -0.15) is 5.10 Å². The third kappa shape index (κ3) is 3.57. The van der Waals surface area contributed by atoms with E-state index >= 15 is 0 Å². The Bertz CT molecular complexity index is 843. The third-order valence-corrected chi connectivity index (χ3v) is 4.28. The topological polar surface area (TPSA) is 46.9 Å². The van der Waals surface area contributed by atoms with Crippen LogP contribution in [0.2, 0.25) is 0 Å². The van der Waals surface area contributed by atoms with Crippen molar-refractivity contribution >= 4 is 21.8 Å². The molecule has 3 aromatic rings. The lowest BCUT2D eigenvalue weighted by Gasteiger charge is -2.09. The van der Waals surface area contributed by atoms with E-state index in [1.807, 2.05) is 66.2 Å². The molecule has 0 fully saturated rings. The number of rotatable bonds is 5. The van der Waals surface area contributed by atoms with Crippen molar-refractivity contribution in [1.82, 2.24) is 15.1 Å². The predicted molar refractivity (Wildman–Crippen MR) is 98.3 cm³/mol. The molecule has 24 heavy (non-hydrogen) atoms. The fourth-order valence-corrected chi connectivity index (χ4v) is 3.07. The zero-order valence-corrected chi connectivity index (χ0v) is 15.0. The molecule has 0 bridgehead atoms. The first-order chi connectivity index (χ1) is 11.7. The Morgan fingerprint density at radius 1 is 1.17 bits per heavy atom. The summed E-state index contributed by atoms with van der Waals surface area (Å²) in [5, 5.41) is 7.36. The number of carbonyl (C=O) groups is 1. The van der Waals surface area contributed by atoms with Crippen molar-refractivity contribution in [2.45, 2.75) is 19.9 Å². The lowest BCUT2D eigenvalue weighted by molar-refractivity contribution is 0.0950. The number of hydrogen-bond acceptors (Lipinski definition) is 2. The van der Waals surface area contributed by atoms with E-state index in [0.717, 1.165) is 27.8 Å². The van der Waals surface area contributed by atoms with Gasteiger partial charge in [0.05, 0.1) is 23.1 Å². The number of halogens is 1. The van der Waals surface area contributed by atoms with Crippen LogP contribution in [-0.2, 0) is 13.0 Å². The SMILES string of the molecule is CCc1c(C(=O)NCc2cccc(Br)c2)cnn1-c1ccccc1. The van der Waals surface area contributed by atoms with Crippen molar-refractivity contribution in [2.24, 2.45) is 0 Å². The molecule has 0 unspecified atom stereocenters. The van der Waals surface area contributed by atoms with E-state index < -0.39 is 0 Å². The second kappa shape index (κ2) is 7.45. The van der Waals surface area contributed by atoms with Gasteiger partial charge in [-0.25, -0.2) is 4.68 Å². The van der Waals surface area contributed by atoms with Crippen LogP contribution in [0.3, 0.4) is 0 Å². The van der Waals surface area contributed by atoms with Gasteiger partial charge in [0, 0.05) is 11.0 Å². The van der Waals surface area contributed by atoms with Gasteiger partial charge in [-0.15, -0.1) is 0 Å². The van der Waals surface area contributed by atoms with Gasteiger partial charge in [0.25, 0.3) is 5.91 Å². The molecule has 5 heteroatoms. The molecule has 0 saturated carbocycles. The maximum absolute atomic E-state index is 12.6. The van der Waals surface area contributed by atoms with Crippen LogP contribution < -0.4 is 5.32 Å². The summed E-state index contributed by atoms with van der Waals surface area (Å²) in [6, 6.07) is 17.7. The van der Waals surface area contributed by atoms with Gasteiger partial charge in [0.15, 0.2) is 0 Å². The molecule has 122 valence electrons. The van der Waals surface area contributed by atoms with Crippen LogP contribution in [0, 0.1) is 0 Å². The second-order valence-electron chi connectivity index (χ2n) is 5.42. The highest BCUT2D eigenvalue weighted by Crippen LogP contribution is 2.16. The molecule has 1 heterocycles. The number of carbonyl (C=O) groups excluding carboxylic acids is 1. The van der Waals surface area contributed by atoms with Crippen molar-refractivity contribution in [3.05, 3.63) is 82.1 Å². The number of amides is 1. The predicted octanol–water partition coefficient (Wildman–Crippen LogP) is 4.13. The van der Waals surface area contributed by atoms with Gasteiger partial charge < -0.3 is 5.32 Å². The summed E-state index contributed by atoms with van der Waals surface area (Å²) in [6.45, 7) is 2.51. The molecule has 2 aromatic carbocycles. The minimum atomic E-state index is -0.103. The molecule has 1 aromatic heterocycles.